The van der Waals surface area contributed by atoms with Crippen molar-refractivity contribution < 1.29 is 29.6 Å². The molecule has 0 saturated heterocycles. The van der Waals surface area contributed by atoms with E-state index < -0.39 is 6.10 Å². The number of methoxy groups -OCH3 is 1. The van der Waals surface area contributed by atoms with Crippen molar-refractivity contribution in [3.63, 3.8) is 0 Å². The van der Waals surface area contributed by atoms with Crippen LogP contribution < -0.4 is 20.1 Å². The lowest BCUT2D eigenvalue weighted by molar-refractivity contribution is 0.0954. The van der Waals surface area contributed by atoms with Crippen LogP contribution >= 0.6 is 0 Å². The minimum absolute atomic E-state index is 0.00190. The lowest BCUT2D eigenvalue weighted by Crippen LogP contribution is -2.43. The van der Waals surface area contributed by atoms with Gasteiger partial charge in [0.1, 0.15) is 5.75 Å². The molecular formula is C31H40N2O6. The lowest BCUT2D eigenvalue weighted by Gasteiger charge is -2.28. The minimum atomic E-state index is -0.803. The standard InChI is InChI=1S/C31H40N2O6/c1-5-39-28-12-9-21(16-29(28)38-4)13-14-32-30(37)24-8-6-7-22(15-24)18-31(2,3)33-19-27(36)23-10-11-26(35)25(17-23)20-34/h6-12,15-17,27,33-36H,5,13-14,18-20H2,1-4H3,(H,32,37)/t27-/m1/s1. The Balaban J connectivity index is 1.53. The van der Waals surface area contributed by atoms with Gasteiger partial charge in [0.2, 0.25) is 0 Å². The number of aliphatic hydroxyl groups is 2. The Hall–Kier alpha value is -3.59. The molecule has 3 aromatic carbocycles. The van der Waals surface area contributed by atoms with Gasteiger partial charge in [-0.25, -0.2) is 0 Å². The number of amides is 1. The molecule has 210 valence electrons. The Labute approximate surface area is 230 Å². The average Bonchev–Trinajstić information content (AvgIpc) is 2.92. The van der Waals surface area contributed by atoms with Gasteiger partial charge in [-0.15, -0.1) is 0 Å². The van der Waals surface area contributed by atoms with E-state index in [2.05, 4.69) is 10.6 Å². The smallest absolute Gasteiger partial charge is 0.251 e. The zero-order valence-corrected chi connectivity index (χ0v) is 23.2. The van der Waals surface area contributed by atoms with E-state index in [1.807, 2.05) is 57.2 Å². The zero-order chi connectivity index (χ0) is 28.4. The third-order valence-corrected chi connectivity index (χ3v) is 6.49. The summed E-state index contributed by atoms with van der Waals surface area (Å²) < 4.78 is 11.0. The van der Waals surface area contributed by atoms with Crippen LogP contribution in [0.2, 0.25) is 0 Å². The molecule has 0 unspecified atom stereocenters. The van der Waals surface area contributed by atoms with E-state index in [0.29, 0.717) is 60.7 Å². The van der Waals surface area contributed by atoms with Gasteiger partial charge in [-0.05, 0) is 86.7 Å². The Kier molecular flexibility index (Phi) is 10.7. The molecule has 0 aliphatic heterocycles. The van der Waals surface area contributed by atoms with E-state index in [1.54, 1.807) is 25.3 Å². The summed E-state index contributed by atoms with van der Waals surface area (Å²) in [4.78, 5) is 12.8. The van der Waals surface area contributed by atoms with Crippen molar-refractivity contribution >= 4 is 5.91 Å². The normalized spacial score (nSPS) is 12.2. The van der Waals surface area contributed by atoms with Crippen molar-refractivity contribution in [1.82, 2.24) is 10.6 Å². The Bertz CT molecular complexity index is 1240. The zero-order valence-electron chi connectivity index (χ0n) is 23.2. The van der Waals surface area contributed by atoms with Crippen LogP contribution in [0.5, 0.6) is 17.2 Å². The molecule has 0 heterocycles. The third kappa shape index (κ3) is 8.71. The second-order valence-electron chi connectivity index (χ2n) is 10.1. The molecular weight excluding hydrogens is 496 g/mol. The minimum Gasteiger partial charge on any atom is -0.508 e. The number of carbonyl (C=O) groups is 1. The predicted molar refractivity (Wildman–Crippen MR) is 151 cm³/mol. The van der Waals surface area contributed by atoms with Gasteiger partial charge in [0.25, 0.3) is 5.91 Å². The summed E-state index contributed by atoms with van der Waals surface area (Å²) in [6, 6.07) is 18.0. The number of carbonyl (C=O) groups excluding carboxylic acids is 1. The monoisotopic (exact) mass is 536 g/mol. The van der Waals surface area contributed by atoms with E-state index in [4.69, 9.17) is 9.47 Å². The summed E-state index contributed by atoms with van der Waals surface area (Å²) in [6.45, 7) is 7.03. The molecule has 0 saturated carbocycles. The number of rotatable bonds is 14. The first-order chi connectivity index (χ1) is 18.7. The van der Waals surface area contributed by atoms with Gasteiger partial charge < -0.3 is 35.4 Å². The molecule has 1 amide bonds. The summed E-state index contributed by atoms with van der Waals surface area (Å²) in [5, 5.41) is 36.1. The summed E-state index contributed by atoms with van der Waals surface area (Å²) in [6.07, 6.45) is 0.501. The summed E-state index contributed by atoms with van der Waals surface area (Å²) in [7, 11) is 1.61. The van der Waals surface area contributed by atoms with Gasteiger partial charge in [0.05, 0.1) is 26.4 Å². The fourth-order valence-electron chi connectivity index (χ4n) is 4.39. The van der Waals surface area contributed by atoms with Crippen LogP contribution in [0.3, 0.4) is 0 Å². The number of β-amino-alcohol motifs (C(OH)–C–C–N with tert-alkyl or cyclic N) is 1. The largest absolute Gasteiger partial charge is 0.508 e. The highest BCUT2D eigenvalue weighted by molar-refractivity contribution is 5.94. The van der Waals surface area contributed by atoms with Crippen LogP contribution in [0.1, 0.15) is 59.5 Å². The Morgan fingerprint density at radius 1 is 1.03 bits per heavy atom. The maximum absolute atomic E-state index is 12.8. The van der Waals surface area contributed by atoms with Crippen LogP contribution in [0.15, 0.2) is 60.7 Å². The molecule has 0 aromatic heterocycles. The van der Waals surface area contributed by atoms with Crippen LogP contribution in [0.25, 0.3) is 0 Å². The highest BCUT2D eigenvalue weighted by Crippen LogP contribution is 2.28. The fourth-order valence-corrected chi connectivity index (χ4v) is 4.39. The molecule has 1 atom stereocenters. The van der Waals surface area contributed by atoms with Crippen molar-refractivity contribution in [3.8, 4) is 17.2 Å². The van der Waals surface area contributed by atoms with Gasteiger partial charge in [0, 0.05) is 29.8 Å². The Morgan fingerprint density at radius 3 is 2.54 bits per heavy atom. The predicted octanol–water partition coefficient (Wildman–Crippen LogP) is 3.91. The molecule has 8 nitrogen and oxygen atoms in total. The maximum atomic E-state index is 12.8. The van der Waals surface area contributed by atoms with E-state index in [-0.39, 0.29) is 23.8 Å². The quantitative estimate of drug-likeness (QED) is 0.212. The molecule has 0 aliphatic rings. The number of aromatic hydroxyl groups is 1. The van der Waals surface area contributed by atoms with Crippen molar-refractivity contribution in [2.45, 2.75) is 51.9 Å². The van der Waals surface area contributed by atoms with E-state index in [9.17, 15) is 20.1 Å². The second kappa shape index (κ2) is 14.0. The SMILES string of the molecule is CCOc1ccc(CCNC(=O)c2cccc(CC(C)(C)NC[C@@H](O)c3ccc(O)c(CO)c3)c2)cc1OC. The number of benzene rings is 3. The van der Waals surface area contributed by atoms with Crippen molar-refractivity contribution in [1.29, 1.82) is 0 Å². The van der Waals surface area contributed by atoms with E-state index >= 15 is 0 Å². The van der Waals surface area contributed by atoms with Gasteiger partial charge in [-0.2, -0.15) is 0 Å². The van der Waals surface area contributed by atoms with Gasteiger partial charge in [0.15, 0.2) is 11.5 Å². The van der Waals surface area contributed by atoms with Crippen molar-refractivity contribution in [2.24, 2.45) is 0 Å². The molecule has 39 heavy (non-hydrogen) atoms. The second-order valence-corrected chi connectivity index (χ2v) is 10.1. The molecule has 0 bridgehead atoms. The number of phenols is 1. The third-order valence-electron chi connectivity index (χ3n) is 6.49. The molecule has 8 heteroatoms. The Morgan fingerprint density at radius 2 is 1.82 bits per heavy atom. The number of aliphatic hydroxyl groups excluding tert-OH is 2. The first-order valence-electron chi connectivity index (χ1n) is 13.2. The van der Waals surface area contributed by atoms with Crippen molar-refractivity contribution in [2.75, 3.05) is 26.8 Å². The topological polar surface area (TPSA) is 120 Å². The van der Waals surface area contributed by atoms with Crippen LogP contribution in [-0.4, -0.2) is 53.6 Å². The van der Waals surface area contributed by atoms with Crippen LogP contribution in [-0.2, 0) is 19.4 Å². The number of ether oxygens (including phenoxy) is 2. The lowest BCUT2D eigenvalue weighted by atomic mass is 9.93. The van der Waals surface area contributed by atoms with Gasteiger partial charge in [-0.3, -0.25) is 4.79 Å². The fraction of sp³-hybridized carbons (Fsp3) is 0.387. The average molecular weight is 537 g/mol. The molecule has 3 aromatic rings. The van der Waals surface area contributed by atoms with Gasteiger partial charge in [-0.1, -0.05) is 24.3 Å². The molecule has 5 N–H and O–H groups in total. The van der Waals surface area contributed by atoms with Crippen molar-refractivity contribution in [3.05, 3.63) is 88.5 Å². The number of hydrogen-bond donors (Lipinski definition) is 5. The molecule has 0 spiro atoms. The first kappa shape index (κ1) is 30.0. The number of nitrogens with one attached hydrogen (secondary N) is 2. The summed E-state index contributed by atoms with van der Waals surface area (Å²) in [5.74, 6) is 1.24. The molecule has 0 radical (unpaired) electrons. The maximum Gasteiger partial charge on any atom is 0.251 e. The highest BCUT2D eigenvalue weighted by Gasteiger charge is 2.21. The van der Waals surface area contributed by atoms with E-state index in [0.717, 1.165) is 11.1 Å². The summed E-state index contributed by atoms with van der Waals surface area (Å²) in [5.41, 5.74) is 3.26. The molecule has 3 rings (SSSR count). The van der Waals surface area contributed by atoms with Crippen LogP contribution in [0.4, 0.5) is 0 Å². The number of hydrogen-bond acceptors (Lipinski definition) is 7. The van der Waals surface area contributed by atoms with E-state index in [1.165, 1.54) is 6.07 Å². The molecule has 0 fully saturated rings. The van der Waals surface area contributed by atoms with Crippen LogP contribution in [0, 0.1) is 0 Å². The highest BCUT2D eigenvalue weighted by atomic mass is 16.5. The van der Waals surface area contributed by atoms with Gasteiger partial charge >= 0.3 is 0 Å². The first-order valence-corrected chi connectivity index (χ1v) is 13.2. The summed E-state index contributed by atoms with van der Waals surface area (Å²) >= 11 is 0. The molecule has 0 aliphatic carbocycles.